The molecular formula is C16H19NO3. The van der Waals surface area contributed by atoms with E-state index in [-0.39, 0.29) is 17.5 Å². The molecule has 4 nitrogen and oxygen atoms in total. The van der Waals surface area contributed by atoms with Crippen molar-refractivity contribution in [2.75, 3.05) is 12.4 Å². The molecule has 106 valence electrons. The molecule has 0 heterocycles. The van der Waals surface area contributed by atoms with Crippen molar-refractivity contribution >= 4 is 5.69 Å². The molecule has 3 N–H and O–H groups in total. The standard InChI is InChI=1S/C16H19NO3/c1-10-8-12(18)4-6-15(10)17-11(2)14-9-13(20-3)5-7-16(14)19/h4-9,11,17-19H,1-3H3. The molecule has 0 spiro atoms. The predicted octanol–water partition coefficient (Wildman–Crippen LogP) is 3.59. The minimum atomic E-state index is -0.0895. The topological polar surface area (TPSA) is 61.7 Å². The van der Waals surface area contributed by atoms with E-state index in [1.54, 1.807) is 31.4 Å². The van der Waals surface area contributed by atoms with Crippen LogP contribution in [-0.2, 0) is 0 Å². The number of nitrogens with one attached hydrogen (secondary N) is 1. The van der Waals surface area contributed by atoms with E-state index in [1.807, 2.05) is 26.0 Å². The fraction of sp³-hybridized carbons (Fsp3) is 0.250. The fourth-order valence-electron chi connectivity index (χ4n) is 2.13. The molecule has 2 aromatic rings. The number of rotatable bonds is 4. The van der Waals surface area contributed by atoms with Gasteiger partial charge in [0.05, 0.1) is 13.2 Å². The van der Waals surface area contributed by atoms with Gasteiger partial charge < -0.3 is 20.3 Å². The molecule has 0 radical (unpaired) electrons. The molecule has 0 saturated heterocycles. The zero-order valence-electron chi connectivity index (χ0n) is 11.8. The van der Waals surface area contributed by atoms with Gasteiger partial charge in [0.25, 0.3) is 0 Å². The second-order valence-corrected chi connectivity index (χ2v) is 4.79. The maximum absolute atomic E-state index is 9.96. The van der Waals surface area contributed by atoms with Gasteiger partial charge in [-0.1, -0.05) is 0 Å². The smallest absolute Gasteiger partial charge is 0.121 e. The van der Waals surface area contributed by atoms with Crippen molar-refractivity contribution in [2.45, 2.75) is 19.9 Å². The number of hydrogen-bond acceptors (Lipinski definition) is 4. The quantitative estimate of drug-likeness (QED) is 0.745. The first kappa shape index (κ1) is 14.1. The SMILES string of the molecule is COc1ccc(O)c(C(C)Nc2ccc(O)cc2C)c1. The molecule has 0 aromatic heterocycles. The van der Waals surface area contributed by atoms with Crippen LogP contribution >= 0.6 is 0 Å². The average Bonchev–Trinajstić information content (AvgIpc) is 2.42. The summed E-state index contributed by atoms with van der Waals surface area (Å²) in [5, 5.41) is 22.7. The Balaban J connectivity index is 2.25. The molecule has 0 bridgehead atoms. The summed E-state index contributed by atoms with van der Waals surface area (Å²) >= 11 is 0. The molecule has 0 aliphatic rings. The van der Waals surface area contributed by atoms with Gasteiger partial charge in [-0.15, -0.1) is 0 Å². The highest BCUT2D eigenvalue weighted by molar-refractivity contribution is 5.55. The van der Waals surface area contributed by atoms with E-state index < -0.39 is 0 Å². The third kappa shape index (κ3) is 2.96. The maximum atomic E-state index is 9.96. The van der Waals surface area contributed by atoms with Crippen LogP contribution in [0, 0.1) is 6.92 Å². The Hall–Kier alpha value is -2.36. The molecule has 0 aliphatic carbocycles. The maximum Gasteiger partial charge on any atom is 0.121 e. The van der Waals surface area contributed by atoms with Gasteiger partial charge in [0.15, 0.2) is 0 Å². The van der Waals surface area contributed by atoms with Crippen molar-refractivity contribution < 1.29 is 14.9 Å². The largest absolute Gasteiger partial charge is 0.508 e. The monoisotopic (exact) mass is 273 g/mol. The van der Waals surface area contributed by atoms with Gasteiger partial charge in [-0.25, -0.2) is 0 Å². The molecule has 1 unspecified atom stereocenters. The Morgan fingerprint density at radius 2 is 1.85 bits per heavy atom. The summed E-state index contributed by atoms with van der Waals surface area (Å²) in [6, 6.07) is 10.2. The van der Waals surface area contributed by atoms with Gasteiger partial charge in [0, 0.05) is 11.3 Å². The van der Waals surface area contributed by atoms with Crippen LogP contribution in [0.4, 0.5) is 5.69 Å². The fourth-order valence-corrected chi connectivity index (χ4v) is 2.13. The van der Waals surface area contributed by atoms with Gasteiger partial charge in [0.2, 0.25) is 0 Å². The Morgan fingerprint density at radius 1 is 1.10 bits per heavy atom. The first-order chi connectivity index (χ1) is 9.51. The van der Waals surface area contributed by atoms with Gasteiger partial charge in [-0.3, -0.25) is 0 Å². The van der Waals surface area contributed by atoms with E-state index in [0.717, 1.165) is 16.8 Å². The van der Waals surface area contributed by atoms with E-state index in [0.29, 0.717) is 5.75 Å². The third-order valence-corrected chi connectivity index (χ3v) is 3.28. The Morgan fingerprint density at radius 3 is 2.50 bits per heavy atom. The summed E-state index contributed by atoms with van der Waals surface area (Å²) in [6.45, 7) is 3.88. The van der Waals surface area contributed by atoms with Crippen molar-refractivity contribution in [3.63, 3.8) is 0 Å². The van der Waals surface area contributed by atoms with Crippen LogP contribution in [0.15, 0.2) is 36.4 Å². The van der Waals surface area contributed by atoms with Crippen molar-refractivity contribution in [3.05, 3.63) is 47.5 Å². The number of aryl methyl sites for hydroxylation is 1. The van der Waals surface area contributed by atoms with E-state index in [2.05, 4.69) is 5.32 Å². The third-order valence-electron chi connectivity index (χ3n) is 3.28. The molecule has 0 aliphatic heterocycles. The van der Waals surface area contributed by atoms with Crippen LogP contribution in [0.3, 0.4) is 0 Å². The highest BCUT2D eigenvalue weighted by Crippen LogP contribution is 2.31. The van der Waals surface area contributed by atoms with Crippen LogP contribution in [0.5, 0.6) is 17.2 Å². The Bertz CT molecular complexity index is 611. The van der Waals surface area contributed by atoms with Crippen LogP contribution in [0.1, 0.15) is 24.1 Å². The highest BCUT2D eigenvalue weighted by atomic mass is 16.5. The molecule has 0 amide bonds. The molecule has 2 rings (SSSR count). The van der Waals surface area contributed by atoms with Gasteiger partial charge in [0.1, 0.15) is 17.2 Å². The average molecular weight is 273 g/mol. The minimum Gasteiger partial charge on any atom is -0.508 e. The van der Waals surface area contributed by atoms with E-state index in [9.17, 15) is 10.2 Å². The lowest BCUT2D eigenvalue weighted by molar-refractivity contribution is 0.410. The van der Waals surface area contributed by atoms with Gasteiger partial charge >= 0.3 is 0 Å². The summed E-state index contributed by atoms with van der Waals surface area (Å²) in [5.41, 5.74) is 2.62. The number of anilines is 1. The number of phenolic OH excluding ortho intramolecular Hbond substituents is 2. The zero-order valence-corrected chi connectivity index (χ0v) is 11.8. The Labute approximate surface area is 118 Å². The number of methoxy groups -OCH3 is 1. The lowest BCUT2D eigenvalue weighted by Crippen LogP contribution is -2.08. The van der Waals surface area contributed by atoms with Crippen LogP contribution < -0.4 is 10.1 Å². The molecular weight excluding hydrogens is 254 g/mol. The van der Waals surface area contributed by atoms with Crippen molar-refractivity contribution in [1.29, 1.82) is 0 Å². The second kappa shape index (κ2) is 5.74. The lowest BCUT2D eigenvalue weighted by atomic mass is 10.1. The first-order valence-corrected chi connectivity index (χ1v) is 6.44. The van der Waals surface area contributed by atoms with Crippen molar-refractivity contribution in [3.8, 4) is 17.2 Å². The van der Waals surface area contributed by atoms with Crippen LogP contribution in [0.25, 0.3) is 0 Å². The number of aromatic hydroxyl groups is 2. The van der Waals surface area contributed by atoms with Gasteiger partial charge in [-0.05, 0) is 55.8 Å². The molecule has 1 atom stereocenters. The summed E-state index contributed by atoms with van der Waals surface area (Å²) in [7, 11) is 1.60. The van der Waals surface area contributed by atoms with E-state index >= 15 is 0 Å². The summed E-state index contributed by atoms with van der Waals surface area (Å²) in [6.07, 6.45) is 0. The van der Waals surface area contributed by atoms with Gasteiger partial charge in [-0.2, -0.15) is 0 Å². The number of benzene rings is 2. The summed E-state index contributed by atoms with van der Waals surface area (Å²) in [5.74, 6) is 1.17. The van der Waals surface area contributed by atoms with Crippen LogP contribution in [-0.4, -0.2) is 17.3 Å². The molecule has 0 fully saturated rings. The minimum absolute atomic E-state index is 0.0895. The molecule has 2 aromatic carbocycles. The van der Waals surface area contributed by atoms with Crippen LogP contribution in [0.2, 0.25) is 0 Å². The lowest BCUT2D eigenvalue weighted by Gasteiger charge is -2.19. The molecule has 0 saturated carbocycles. The first-order valence-electron chi connectivity index (χ1n) is 6.44. The zero-order chi connectivity index (χ0) is 14.7. The summed E-state index contributed by atoms with van der Waals surface area (Å²) in [4.78, 5) is 0. The molecule has 20 heavy (non-hydrogen) atoms. The van der Waals surface area contributed by atoms with E-state index in [1.165, 1.54) is 0 Å². The van der Waals surface area contributed by atoms with Crippen molar-refractivity contribution in [1.82, 2.24) is 0 Å². The molecule has 4 heteroatoms. The Kier molecular flexibility index (Phi) is 4.03. The second-order valence-electron chi connectivity index (χ2n) is 4.79. The number of ether oxygens (including phenoxy) is 1. The van der Waals surface area contributed by atoms with E-state index in [4.69, 9.17) is 4.74 Å². The predicted molar refractivity (Wildman–Crippen MR) is 79.5 cm³/mol. The highest BCUT2D eigenvalue weighted by Gasteiger charge is 2.12. The number of hydrogen-bond donors (Lipinski definition) is 3. The normalized spacial score (nSPS) is 11.9. The summed E-state index contributed by atoms with van der Waals surface area (Å²) < 4.78 is 5.18. The van der Waals surface area contributed by atoms with Crippen molar-refractivity contribution in [2.24, 2.45) is 0 Å². The number of phenols is 2.